The van der Waals surface area contributed by atoms with Crippen LogP contribution in [0, 0.1) is 0 Å². The Labute approximate surface area is 258 Å². The fourth-order valence-corrected chi connectivity index (χ4v) is 6.33. The molecule has 0 aliphatic heterocycles. The van der Waals surface area contributed by atoms with Gasteiger partial charge in [0.05, 0.1) is 21.2 Å². The average molecular weight is 644 g/mol. The van der Waals surface area contributed by atoms with Crippen molar-refractivity contribution in [3.8, 4) is 0 Å². The molecule has 44 heavy (non-hydrogen) atoms. The molecular formula is C32H29ClF3N3O4S. The Kier molecular flexibility index (Phi) is 10.3. The quantitative estimate of drug-likeness (QED) is 0.219. The molecule has 12 heteroatoms. The van der Waals surface area contributed by atoms with E-state index in [9.17, 15) is 31.2 Å². The van der Waals surface area contributed by atoms with E-state index in [1.165, 1.54) is 36.2 Å². The Morgan fingerprint density at radius 1 is 0.841 bits per heavy atom. The van der Waals surface area contributed by atoms with Gasteiger partial charge in [0, 0.05) is 20.0 Å². The fraction of sp³-hybridized carbons (Fsp3) is 0.188. The van der Waals surface area contributed by atoms with Gasteiger partial charge in [-0.25, -0.2) is 8.42 Å². The summed E-state index contributed by atoms with van der Waals surface area (Å²) in [5.74, 6) is -1.33. The largest absolute Gasteiger partial charge is 0.416 e. The van der Waals surface area contributed by atoms with E-state index in [4.69, 9.17) is 11.6 Å². The summed E-state index contributed by atoms with van der Waals surface area (Å²) in [5, 5.41) is 2.26. The van der Waals surface area contributed by atoms with Crippen molar-refractivity contribution in [3.05, 3.63) is 131 Å². The summed E-state index contributed by atoms with van der Waals surface area (Å²) in [6.45, 7) is -1.02. The zero-order valence-electron chi connectivity index (χ0n) is 23.5. The zero-order valence-corrected chi connectivity index (χ0v) is 25.1. The van der Waals surface area contributed by atoms with E-state index < -0.39 is 51.9 Å². The van der Waals surface area contributed by atoms with Crippen LogP contribution in [0.1, 0.15) is 16.7 Å². The van der Waals surface area contributed by atoms with Gasteiger partial charge in [0.15, 0.2) is 0 Å². The predicted molar refractivity (Wildman–Crippen MR) is 162 cm³/mol. The number of rotatable bonds is 11. The molecule has 0 aliphatic rings. The van der Waals surface area contributed by atoms with Crippen LogP contribution in [0.15, 0.2) is 114 Å². The average Bonchev–Trinajstić information content (AvgIpc) is 3.02. The molecule has 1 N–H and O–H groups in total. The van der Waals surface area contributed by atoms with Gasteiger partial charge >= 0.3 is 6.18 Å². The van der Waals surface area contributed by atoms with E-state index >= 15 is 0 Å². The lowest BCUT2D eigenvalue weighted by molar-refractivity contribution is -0.139. The van der Waals surface area contributed by atoms with Crippen LogP contribution in [0.3, 0.4) is 0 Å². The van der Waals surface area contributed by atoms with E-state index in [0.717, 1.165) is 17.7 Å². The summed E-state index contributed by atoms with van der Waals surface area (Å²) in [6.07, 6.45) is -4.72. The summed E-state index contributed by atoms with van der Waals surface area (Å²) in [6, 6.07) is 25.9. The highest BCUT2D eigenvalue weighted by molar-refractivity contribution is 7.92. The lowest BCUT2D eigenvalue weighted by atomic mass is 10.0. The predicted octanol–water partition coefficient (Wildman–Crippen LogP) is 5.94. The van der Waals surface area contributed by atoms with E-state index in [0.29, 0.717) is 15.9 Å². The van der Waals surface area contributed by atoms with Crippen molar-refractivity contribution in [3.63, 3.8) is 0 Å². The number of hydrogen-bond acceptors (Lipinski definition) is 4. The van der Waals surface area contributed by atoms with Crippen LogP contribution < -0.4 is 9.62 Å². The number of amides is 2. The van der Waals surface area contributed by atoms with Gasteiger partial charge in [0.2, 0.25) is 11.8 Å². The number of likely N-dealkylation sites (N-methyl/N-ethyl adjacent to an activating group) is 1. The molecule has 0 heterocycles. The van der Waals surface area contributed by atoms with Gasteiger partial charge in [-0.1, -0.05) is 90.5 Å². The highest BCUT2D eigenvalue weighted by Gasteiger charge is 2.37. The highest BCUT2D eigenvalue weighted by Crippen LogP contribution is 2.37. The Hall–Kier alpha value is -4.35. The lowest BCUT2D eigenvalue weighted by Crippen LogP contribution is -2.53. The molecule has 0 saturated carbocycles. The summed E-state index contributed by atoms with van der Waals surface area (Å²) in [4.78, 5) is 28.5. The first-order valence-corrected chi connectivity index (χ1v) is 15.3. The normalized spacial score (nSPS) is 12.3. The number of carbonyl (C=O) groups is 2. The second-order valence-electron chi connectivity index (χ2n) is 9.82. The van der Waals surface area contributed by atoms with Gasteiger partial charge in [-0.05, 0) is 41.5 Å². The topological polar surface area (TPSA) is 86.8 Å². The molecule has 4 rings (SSSR count). The highest BCUT2D eigenvalue weighted by atomic mass is 35.5. The number of halogens is 4. The van der Waals surface area contributed by atoms with Crippen molar-refractivity contribution in [2.24, 2.45) is 0 Å². The van der Waals surface area contributed by atoms with Crippen molar-refractivity contribution < 1.29 is 31.2 Å². The first-order chi connectivity index (χ1) is 20.9. The fourth-order valence-electron chi connectivity index (χ4n) is 4.61. The van der Waals surface area contributed by atoms with Crippen molar-refractivity contribution in [2.45, 2.75) is 30.1 Å². The molecule has 230 valence electrons. The molecule has 1 atom stereocenters. The van der Waals surface area contributed by atoms with Crippen LogP contribution in [-0.4, -0.2) is 44.8 Å². The molecule has 0 fully saturated rings. The maximum absolute atomic E-state index is 14.2. The van der Waals surface area contributed by atoms with Gasteiger partial charge in [-0.3, -0.25) is 13.9 Å². The van der Waals surface area contributed by atoms with Gasteiger partial charge in [-0.15, -0.1) is 0 Å². The molecule has 0 aromatic heterocycles. The van der Waals surface area contributed by atoms with Crippen LogP contribution in [-0.2, 0) is 38.8 Å². The second kappa shape index (κ2) is 14.0. The van der Waals surface area contributed by atoms with Gasteiger partial charge in [0.25, 0.3) is 10.0 Å². The molecule has 0 saturated heterocycles. The Morgan fingerprint density at radius 2 is 1.39 bits per heavy atom. The standard InChI is InChI=1S/C32H29ClF3N3O4S/c1-37-31(41)29(19-23-11-5-2-6-12-23)38(21-24-13-7-3-8-14-24)30(40)22-39(44(42,43)26-15-9-4-10-16-26)28-20-25(32(34,35)36)17-18-27(28)33/h2-18,20,29H,19,21-22H2,1H3,(H,37,41)/t29-/m1/s1. The second-order valence-corrected chi connectivity index (χ2v) is 12.1. The number of alkyl halides is 3. The monoisotopic (exact) mass is 643 g/mol. The first kappa shape index (κ1) is 32.6. The number of benzene rings is 4. The molecule has 2 amide bonds. The van der Waals surface area contributed by atoms with Crippen molar-refractivity contribution >= 4 is 39.1 Å². The van der Waals surface area contributed by atoms with Crippen LogP contribution >= 0.6 is 11.6 Å². The third kappa shape index (κ3) is 7.78. The molecule has 0 unspecified atom stereocenters. The summed E-state index contributed by atoms with van der Waals surface area (Å²) >= 11 is 6.31. The smallest absolute Gasteiger partial charge is 0.357 e. The number of carbonyl (C=O) groups excluding carboxylic acids is 2. The number of hydrogen-bond donors (Lipinski definition) is 1. The summed E-state index contributed by atoms with van der Waals surface area (Å²) in [5.41, 5.74) is -0.289. The first-order valence-electron chi connectivity index (χ1n) is 13.4. The van der Waals surface area contributed by atoms with Crippen molar-refractivity contribution in [1.82, 2.24) is 10.2 Å². The molecule has 0 aliphatic carbocycles. The summed E-state index contributed by atoms with van der Waals surface area (Å²) < 4.78 is 69.6. The van der Waals surface area contributed by atoms with Crippen LogP contribution in [0.5, 0.6) is 0 Å². The zero-order chi connectivity index (χ0) is 31.9. The number of nitrogens with zero attached hydrogens (tertiary/aromatic N) is 2. The minimum atomic E-state index is -4.81. The Bertz CT molecular complexity index is 1690. The van der Waals surface area contributed by atoms with Crippen LogP contribution in [0.4, 0.5) is 18.9 Å². The maximum Gasteiger partial charge on any atom is 0.416 e. The number of sulfonamides is 1. The molecule has 7 nitrogen and oxygen atoms in total. The van der Waals surface area contributed by atoms with Crippen LogP contribution in [0.25, 0.3) is 0 Å². The van der Waals surface area contributed by atoms with Gasteiger partial charge in [-0.2, -0.15) is 13.2 Å². The molecular weight excluding hydrogens is 615 g/mol. The summed E-state index contributed by atoms with van der Waals surface area (Å²) in [7, 11) is -3.20. The molecule has 4 aromatic carbocycles. The van der Waals surface area contributed by atoms with E-state index in [1.807, 2.05) is 0 Å². The molecule has 0 bridgehead atoms. The van der Waals surface area contributed by atoms with Crippen LogP contribution in [0.2, 0.25) is 5.02 Å². The van der Waals surface area contributed by atoms with E-state index in [1.54, 1.807) is 66.7 Å². The maximum atomic E-state index is 14.2. The molecule has 0 spiro atoms. The van der Waals surface area contributed by atoms with E-state index in [2.05, 4.69) is 5.32 Å². The number of anilines is 1. The molecule has 4 aromatic rings. The third-order valence-corrected chi connectivity index (χ3v) is 8.96. The Morgan fingerprint density at radius 3 is 1.93 bits per heavy atom. The lowest BCUT2D eigenvalue weighted by Gasteiger charge is -2.34. The van der Waals surface area contributed by atoms with Crippen molar-refractivity contribution in [2.75, 3.05) is 17.9 Å². The van der Waals surface area contributed by atoms with E-state index in [-0.39, 0.29) is 22.9 Å². The molecule has 0 radical (unpaired) electrons. The number of nitrogens with one attached hydrogen (secondary N) is 1. The third-order valence-electron chi connectivity index (χ3n) is 6.87. The minimum Gasteiger partial charge on any atom is -0.357 e. The van der Waals surface area contributed by atoms with Gasteiger partial charge < -0.3 is 10.2 Å². The Balaban J connectivity index is 1.84. The van der Waals surface area contributed by atoms with Crippen molar-refractivity contribution in [1.29, 1.82) is 0 Å². The van der Waals surface area contributed by atoms with Gasteiger partial charge in [0.1, 0.15) is 12.6 Å². The SMILES string of the molecule is CNC(=O)[C@@H](Cc1ccccc1)N(Cc1ccccc1)C(=O)CN(c1cc(C(F)(F)F)ccc1Cl)S(=O)(=O)c1ccccc1. The minimum absolute atomic E-state index is 0.0832.